The predicted octanol–water partition coefficient (Wildman–Crippen LogP) is 9.62. The molecule has 2 aromatic carbocycles. The van der Waals surface area contributed by atoms with Crippen molar-refractivity contribution in [3.8, 4) is 18.2 Å². The van der Waals surface area contributed by atoms with E-state index in [0.717, 1.165) is 35.2 Å². The summed E-state index contributed by atoms with van der Waals surface area (Å²) in [6.45, 7) is 8.27. The van der Waals surface area contributed by atoms with Crippen LogP contribution in [0.2, 0.25) is 0 Å². The van der Waals surface area contributed by atoms with Crippen LogP contribution >= 0.6 is 0 Å². The normalized spacial score (nSPS) is 17.6. The summed E-state index contributed by atoms with van der Waals surface area (Å²) in [5, 5.41) is 28.4. The van der Waals surface area contributed by atoms with Crippen molar-refractivity contribution in [2.75, 3.05) is 18.5 Å². The molecule has 0 spiro atoms. The van der Waals surface area contributed by atoms with Gasteiger partial charge >= 0.3 is 0 Å². The van der Waals surface area contributed by atoms with Crippen molar-refractivity contribution in [2.45, 2.75) is 59.0 Å². The predicted molar refractivity (Wildman–Crippen MR) is 178 cm³/mol. The summed E-state index contributed by atoms with van der Waals surface area (Å²) in [7, 11) is 1.78. The third-order valence-corrected chi connectivity index (χ3v) is 8.42. The molecule has 4 rings (SSSR count). The van der Waals surface area contributed by atoms with Gasteiger partial charge in [-0.15, -0.1) is 0 Å². The van der Waals surface area contributed by atoms with Gasteiger partial charge in [-0.25, -0.2) is 22.0 Å². The van der Waals surface area contributed by atoms with Gasteiger partial charge in [0.25, 0.3) is 0 Å². The zero-order valence-electron chi connectivity index (χ0n) is 27.9. The van der Waals surface area contributed by atoms with Crippen molar-refractivity contribution >= 4 is 11.8 Å². The summed E-state index contributed by atoms with van der Waals surface area (Å²) < 4.78 is 74.2. The summed E-state index contributed by atoms with van der Waals surface area (Å²) >= 11 is 0. The Balaban J connectivity index is 1.44. The van der Waals surface area contributed by atoms with E-state index >= 15 is 0 Å². The fraction of sp³-hybridized carbons (Fsp3) is 0.308. The van der Waals surface area contributed by atoms with Crippen LogP contribution in [0.15, 0.2) is 88.3 Å². The van der Waals surface area contributed by atoms with Crippen molar-refractivity contribution in [2.24, 2.45) is 5.41 Å². The van der Waals surface area contributed by atoms with Crippen molar-refractivity contribution in [1.29, 1.82) is 15.8 Å². The van der Waals surface area contributed by atoms with Crippen LogP contribution in [-0.4, -0.2) is 19.2 Å². The fourth-order valence-electron chi connectivity index (χ4n) is 6.01. The van der Waals surface area contributed by atoms with Crippen molar-refractivity contribution in [3.05, 3.63) is 128 Å². The summed E-state index contributed by atoms with van der Waals surface area (Å²) in [4.78, 5) is 1.84. The minimum Gasteiger partial charge on any atom is -0.480 e. The molecule has 5 nitrogen and oxygen atoms in total. The molecule has 0 saturated carbocycles. The summed E-state index contributed by atoms with van der Waals surface area (Å²) in [6, 6.07) is 13.3. The minimum atomic E-state index is -2.16. The van der Waals surface area contributed by atoms with Crippen LogP contribution in [0.1, 0.15) is 58.1 Å². The fourth-order valence-corrected chi connectivity index (χ4v) is 6.01. The Labute approximate surface area is 283 Å². The van der Waals surface area contributed by atoms with Gasteiger partial charge in [0.1, 0.15) is 29.4 Å². The third-order valence-electron chi connectivity index (χ3n) is 8.42. The molecule has 0 atom stereocenters. The molecule has 1 aliphatic carbocycles. The topological polar surface area (TPSA) is 83.8 Å². The number of rotatable bonds is 9. The van der Waals surface area contributed by atoms with E-state index < -0.39 is 40.3 Å². The Bertz CT molecular complexity index is 1910. The number of hydrogen-bond acceptors (Lipinski definition) is 5. The Morgan fingerprint density at radius 3 is 2.06 bits per heavy atom. The van der Waals surface area contributed by atoms with Crippen LogP contribution in [0.4, 0.5) is 27.6 Å². The van der Waals surface area contributed by atoms with Crippen LogP contribution in [0, 0.1) is 68.5 Å². The lowest BCUT2D eigenvalue weighted by molar-refractivity contribution is 0.0954. The summed E-state index contributed by atoms with van der Waals surface area (Å²) in [6.07, 6.45) is 13.4. The SMILES string of the molecule is CN(CCCc1c(F)c(F)c(F)c(F)c1F)c1ccc(/C=C/C2=CC(=C/C=C/C3=C(C#N)C(=C(C#N)C#N)OC3(C)C)/CC(C)(C)C2)cc1. The molecule has 49 heavy (non-hydrogen) atoms. The molecule has 0 fully saturated rings. The second-order valence-electron chi connectivity index (χ2n) is 13.3. The number of nitrogens with zero attached hydrogens (tertiary/aromatic N) is 4. The van der Waals surface area contributed by atoms with Gasteiger partial charge in [-0.3, -0.25) is 0 Å². The van der Waals surface area contributed by atoms with Gasteiger partial charge in [0.15, 0.2) is 34.6 Å². The Morgan fingerprint density at radius 1 is 0.857 bits per heavy atom. The quantitative estimate of drug-likeness (QED) is 0.115. The minimum absolute atomic E-state index is 0.00135. The van der Waals surface area contributed by atoms with E-state index in [-0.39, 0.29) is 35.2 Å². The highest BCUT2D eigenvalue weighted by Gasteiger charge is 2.38. The monoisotopic (exact) mass is 670 g/mol. The molecule has 0 N–H and O–H groups in total. The van der Waals surface area contributed by atoms with Crippen LogP contribution in [0.5, 0.6) is 0 Å². The Morgan fingerprint density at radius 2 is 1.47 bits per heavy atom. The zero-order valence-corrected chi connectivity index (χ0v) is 27.9. The molecule has 0 saturated heterocycles. The molecule has 0 amide bonds. The first-order valence-electron chi connectivity index (χ1n) is 15.6. The highest BCUT2D eigenvalue weighted by atomic mass is 19.2. The number of allylic oxidation sites excluding steroid dienone is 8. The molecule has 1 aliphatic heterocycles. The highest BCUT2D eigenvalue weighted by molar-refractivity contribution is 5.61. The summed E-state index contributed by atoms with van der Waals surface area (Å²) in [5.41, 5.74) is 2.81. The van der Waals surface area contributed by atoms with Crippen LogP contribution in [0.25, 0.3) is 6.08 Å². The lowest BCUT2D eigenvalue weighted by atomic mass is 9.75. The molecule has 0 aromatic heterocycles. The molecular formula is C39H35F5N4O. The van der Waals surface area contributed by atoms with Crippen molar-refractivity contribution in [1.82, 2.24) is 0 Å². The maximum absolute atomic E-state index is 14.0. The Kier molecular flexibility index (Phi) is 11.0. The van der Waals surface area contributed by atoms with Crippen LogP contribution in [0.3, 0.4) is 0 Å². The number of ether oxygens (including phenoxy) is 1. The highest BCUT2D eigenvalue weighted by Crippen LogP contribution is 2.41. The van der Waals surface area contributed by atoms with E-state index in [1.165, 1.54) is 0 Å². The summed E-state index contributed by atoms with van der Waals surface area (Å²) in [5.74, 6) is -9.61. The zero-order chi connectivity index (χ0) is 36.1. The van der Waals surface area contributed by atoms with Gasteiger partial charge in [-0.2, -0.15) is 15.8 Å². The third kappa shape index (κ3) is 8.19. The lowest BCUT2D eigenvalue weighted by Crippen LogP contribution is -2.20. The van der Waals surface area contributed by atoms with Crippen LogP contribution < -0.4 is 4.90 Å². The first-order valence-corrected chi connectivity index (χ1v) is 15.6. The second kappa shape index (κ2) is 14.8. The maximum atomic E-state index is 14.0. The molecule has 0 unspecified atom stereocenters. The molecule has 1 heterocycles. The first-order chi connectivity index (χ1) is 23.1. The number of anilines is 1. The van der Waals surface area contributed by atoms with E-state index in [1.807, 2.05) is 47.4 Å². The van der Waals surface area contributed by atoms with Gasteiger partial charge in [0.05, 0.1) is 0 Å². The average molecular weight is 671 g/mol. The largest absolute Gasteiger partial charge is 0.480 e. The van der Waals surface area contributed by atoms with E-state index in [9.17, 15) is 37.7 Å². The smallest absolute Gasteiger partial charge is 0.200 e. The van der Waals surface area contributed by atoms with Crippen molar-refractivity contribution < 1.29 is 26.7 Å². The molecule has 0 radical (unpaired) electrons. The van der Waals surface area contributed by atoms with Gasteiger partial charge in [0, 0.05) is 30.4 Å². The number of benzene rings is 2. The molecule has 252 valence electrons. The molecule has 10 heteroatoms. The van der Waals surface area contributed by atoms with E-state index in [2.05, 4.69) is 32.1 Å². The first kappa shape index (κ1) is 36.4. The number of nitriles is 3. The maximum Gasteiger partial charge on any atom is 0.200 e. The van der Waals surface area contributed by atoms with E-state index in [0.29, 0.717) is 12.1 Å². The van der Waals surface area contributed by atoms with Gasteiger partial charge in [0.2, 0.25) is 5.82 Å². The molecule has 0 bridgehead atoms. The Hall–Kier alpha value is -5.40. The van der Waals surface area contributed by atoms with Crippen molar-refractivity contribution in [3.63, 3.8) is 0 Å². The molecular weight excluding hydrogens is 635 g/mol. The molecule has 2 aromatic rings. The van der Waals surface area contributed by atoms with Gasteiger partial charge < -0.3 is 9.64 Å². The molecule has 2 aliphatic rings. The van der Waals surface area contributed by atoms with Gasteiger partial charge in [-0.1, -0.05) is 62.4 Å². The number of hydrogen-bond donors (Lipinski definition) is 0. The standard InChI is InChI=1S/C39H35F5N4O/c1-38(2)19-25(8-6-10-31-30(23-47)37(27(21-45)22-46)49-39(31,3)4)18-26(20-38)12-11-24-13-15-28(16-14-24)48(5)17-7-9-29-32(40)34(42)36(44)35(43)33(29)41/h6,8,10-16,18H,7,9,17,19-20H2,1-5H3/b10-6+,12-11+,25-8-. The second-order valence-corrected chi connectivity index (χ2v) is 13.3. The number of halogens is 5. The van der Waals surface area contributed by atoms with E-state index in [1.54, 1.807) is 39.1 Å². The van der Waals surface area contributed by atoms with Crippen LogP contribution in [-0.2, 0) is 11.2 Å². The average Bonchev–Trinajstić information content (AvgIpc) is 3.32. The van der Waals surface area contributed by atoms with Gasteiger partial charge in [-0.05, 0) is 73.8 Å². The van der Waals surface area contributed by atoms with E-state index in [4.69, 9.17) is 4.74 Å². The lowest BCUT2D eigenvalue weighted by Gasteiger charge is -2.30.